The van der Waals surface area contributed by atoms with Gasteiger partial charge in [0.05, 0.1) is 12.0 Å². The number of nitrogens with one attached hydrogen (secondary N) is 2. The van der Waals surface area contributed by atoms with Crippen LogP contribution in [0.25, 0.3) is 0 Å². The van der Waals surface area contributed by atoms with E-state index in [-0.39, 0.29) is 23.4 Å². The Morgan fingerprint density at radius 1 is 1.07 bits per heavy atom. The van der Waals surface area contributed by atoms with Crippen molar-refractivity contribution < 1.29 is 17.9 Å². The lowest BCUT2D eigenvalue weighted by Crippen LogP contribution is -2.30. The number of sulfonamides is 1. The Bertz CT molecular complexity index is 862. The third-order valence-electron chi connectivity index (χ3n) is 3.89. The largest absolute Gasteiger partial charge is 0.497 e. The maximum Gasteiger partial charge on any atom is 0.240 e. The second-order valence-electron chi connectivity index (χ2n) is 6.55. The van der Waals surface area contributed by atoms with Crippen molar-refractivity contribution in [3.05, 3.63) is 59.7 Å². The molecule has 2 aromatic rings. The molecule has 0 aliphatic rings. The summed E-state index contributed by atoms with van der Waals surface area (Å²) in [6.45, 7) is 3.82. The molecule has 2 aromatic carbocycles. The van der Waals surface area contributed by atoms with E-state index in [1.807, 2.05) is 24.3 Å². The molecule has 0 heterocycles. The van der Waals surface area contributed by atoms with E-state index < -0.39 is 10.0 Å². The molecule has 0 aromatic heterocycles. The molecule has 0 aliphatic heterocycles. The van der Waals surface area contributed by atoms with Gasteiger partial charge >= 0.3 is 0 Å². The van der Waals surface area contributed by atoms with Gasteiger partial charge in [0.1, 0.15) is 5.75 Å². The Kier molecular flexibility index (Phi) is 7.38. The molecular weight excluding hydrogens is 364 g/mol. The highest BCUT2D eigenvalue weighted by molar-refractivity contribution is 7.89. The normalized spacial score (nSPS) is 11.4. The number of benzene rings is 2. The minimum atomic E-state index is -3.55. The number of aryl methyl sites for hydroxylation is 1. The van der Waals surface area contributed by atoms with E-state index in [9.17, 15) is 13.2 Å². The van der Waals surface area contributed by atoms with Crippen molar-refractivity contribution in [3.63, 3.8) is 0 Å². The fourth-order valence-electron chi connectivity index (χ4n) is 2.54. The molecule has 7 heteroatoms. The summed E-state index contributed by atoms with van der Waals surface area (Å²) in [4.78, 5) is 12.3. The molecule has 2 N–H and O–H groups in total. The van der Waals surface area contributed by atoms with Crippen LogP contribution >= 0.6 is 0 Å². The summed E-state index contributed by atoms with van der Waals surface area (Å²) in [6.07, 6.45) is 0.988. The quantitative estimate of drug-likeness (QED) is 0.689. The van der Waals surface area contributed by atoms with Gasteiger partial charge in [0.25, 0.3) is 0 Å². The van der Waals surface area contributed by atoms with Crippen LogP contribution in [0.5, 0.6) is 5.75 Å². The van der Waals surface area contributed by atoms with E-state index >= 15 is 0 Å². The van der Waals surface area contributed by atoms with Crippen molar-refractivity contribution in [2.24, 2.45) is 0 Å². The Hall–Kier alpha value is -2.38. The van der Waals surface area contributed by atoms with Gasteiger partial charge in [0.15, 0.2) is 0 Å². The van der Waals surface area contributed by atoms with Crippen LogP contribution in [-0.4, -0.2) is 27.5 Å². The summed E-state index contributed by atoms with van der Waals surface area (Å²) in [5.41, 5.74) is 1.79. The summed E-state index contributed by atoms with van der Waals surface area (Å²) in [5, 5.41) is 2.83. The molecule has 0 unspecified atom stereocenters. The summed E-state index contributed by atoms with van der Waals surface area (Å²) < 4.78 is 32.1. The van der Waals surface area contributed by atoms with Gasteiger partial charge < -0.3 is 10.1 Å². The van der Waals surface area contributed by atoms with Crippen LogP contribution in [0, 0.1) is 0 Å². The van der Waals surface area contributed by atoms with Crippen molar-refractivity contribution in [1.82, 2.24) is 10.0 Å². The zero-order valence-corrected chi connectivity index (χ0v) is 16.7. The van der Waals surface area contributed by atoms with Gasteiger partial charge in [-0.1, -0.05) is 24.3 Å². The van der Waals surface area contributed by atoms with Gasteiger partial charge in [-0.3, -0.25) is 4.79 Å². The highest BCUT2D eigenvalue weighted by Crippen LogP contribution is 2.14. The molecule has 0 atom stereocenters. The predicted molar refractivity (Wildman–Crippen MR) is 105 cm³/mol. The van der Waals surface area contributed by atoms with E-state index in [1.54, 1.807) is 45.2 Å². The first-order valence-corrected chi connectivity index (χ1v) is 10.3. The molecule has 0 bridgehead atoms. The van der Waals surface area contributed by atoms with E-state index in [0.29, 0.717) is 12.8 Å². The monoisotopic (exact) mass is 390 g/mol. The van der Waals surface area contributed by atoms with E-state index in [2.05, 4.69) is 10.0 Å². The van der Waals surface area contributed by atoms with Crippen LogP contribution in [-0.2, 0) is 27.8 Å². The number of hydrogen-bond donors (Lipinski definition) is 2. The molecule has 0 radical (unpaired) electrons. The molecule has 0 fully saturated rings. The Morgan fingerprint density at radius 2 is 1.78 bits per heavy atom. The van der Waals surface area contributed by atoms with Crippen LogP contribution in [0.1, 0.15) is 31.4 Å². The average molecular weight is 391 g/mol. The maximum atomic E-state index is 12.2. The second-order valence-corrected chi connectivity index (χ2v) is 8.26. The number of hydrogen-bond acceptors (Lipinski definition) is 4. The van der Waals surface area contributed by atoms with E-state index in [4.69, 9.17) is 4.74 Å². The Labute approximate surface area is 161 Å². The van der Waals surface area contributed by atoms with Crippen molar-refractivity contribution in [2.75, 3.05) is 7.11 Å². The minimum Gasteiger partial charge on any atom is -0.497 e. The van der Waals surface area contributed by atoms with Crippen molar-refractivity contribution >= 4 is 15.9 Å². The molecule has 0 spiro atoms. The van der Waals surface area contributed by atoms with Crippen molar-refractivity contribution in [2.45, 2.75) is 44.2 Å². The van der Waals surface area contributed by atoms with Gasteiger partial charge in [-0.25, -0.2) is 13.1 Å². The third kappa shape index (κ3) is 6.69. The van der Waals surface area contributed by atoms with Crippen molar-refractivity contribution in [1.29, 1.82) is 0 Å². The predicted octanol–water partition coefficient (Wildman–Crippen LogP) is 2.63. The van der Waals surface area contributed by atoms with Crippen LogP contribution in [0.15, 0.2) is 53.4 Å². The van der Waals surface area contributed by atoms with Gasteiger partial charge in [0.2, 0.25) is 15.9 Å². The van der Waals surface area contributed by atoms with Gasteiger partial charge in [-0.2, -0.15) is 0 Å². The smallest absolute Gasteiger partial charge is 0.240 e. The number of methoxy groups -OCH3 is 1. The molecule has 0 saturated carbocycles. The van der Waals surface area contributed by atoms with E-state index in [0.717, 1.165) is 16.9 Å². The standard InChI is InChI=1S/C20H26N2O4S/c1-15(2)22-27(24,25)19-6-4-5-17(13-19)14-21-20(23)12-9-16-7-10-18(26-3)11-8-16/h4-8,10-11,13,15,22H,9,12,14H2,1-3H3,(H,21,23). The molecule has 6 nitrogen and oxygen atoms in total. The summed E-state index contributed by atoms with van der Waals surface area (Å²) in [6, 6.07) is 14.0. The van der Waals surface area contributed by atoms with Crippen LogP contribution in [0.3, 0.4) is 0 Å². The topological polar surface area (TPSA) is 84.5 Å². The number of amides is 1. The number of rotatable bonds is 9. The van der Waals surface area contributed by atoms with Gasteiger partial charge in [-0.05, 0) is 55.7 Å². The average Bonchev–Trinajstić information content (AvgIpc) is 2.64. The molecular formula is C20H26N2O4S. The van der Waals surface area contributed by atoms with Crippen LogP contribution in [0.2, 0.25) is 0 Å². The van der Waals surface area contributed by atoms with Gasteiger partial charge in [0, 0.05) is 19.0 Å². The Balaban J connectivity index is 1.88. The Morgan fingerprint density at radius 3 is 2.41 bits per heavy atom. The fourth-order valence-corrected chi connectivity index (χ4v) is 3.86. The summed E-state index contributed by atoms with van der Waals surface area (Å²) >= 11 is 0. The zero-order chi connectivity index (χ0) is 19.9. The third-order valence-corrected chi connectivity index (χ3v) is 5.55. The number of ether oxygens (including phenoxy) is 1. The van der Waals surface area contributed by atoms with Crippen LogP contribution < -0.4 is 14.8 Å². The van der Waals surface area contributed by atoms with Gasteiger partial charge in [-0.15, -0.1) is 0 Å². The minimum absolute atomic E-state index is 0.0839. The number of carbonyl (C=O) groups excluding carboxylic acids is 1. The zero-order valence-electron chi connectivity index (χ0n) is 15.9. The lowest BCUT2D eigenvalue weighted by Gasteiger charge is -2.11. The van der Waals surface area contributed by atoms with Crippen LogP contribution in [0.4, 0.5) is 0 Å². The molecule has 0 aliphatic carbocycles. The first-order valence-electron chi connectivity index (χ1n) is 8.81. The van der Waals surface area contributed by atoms with E-state index in [1.165, 1.54) is 0 Å². The molecule has 2 rings (SSSR count). The maximum absolute atomic E-state index is 12.2. The highest BCUT2D eigenvalue weighted by Gasteiger charge is 2.15. The number of carbonyl (C=O) groups is 1. The van der Waals surface area contributed by atoms with Crippen molar-refractivity contribution in [3.8, 4) is 5.75 Å². The highest BCUT2D eigenvalue weighted by atomic mass is 32.2. The first-order chi connectivity index (χ1) is 12.8. The molecule has 1 amide bonds. The molecule has 0 saturated heterocycles. The molecule has 27 heavy (non-hydrogen) atoms. The fraction of sp³-hybridized carbons (Fsp3) is 0.350. The first kappa shape index (κ1) is 20.9. The molecule has 146 valence electrons. The lowest BCUT2D eigenvalue weighted by molar-refractivity contribution is -0.121. The second kappa shape index (κ2) is 9.53. The lowest BCUT2D eigenvalue weighted by atomic mass is 10.1. The summed E-state index contributed by atoms with van der Waals surface area (Å²) in [7, 11) is -1.93. The summed E-state index contributed by atoms with van der Waals surface area (Å²) in [5.74, 6) is 0.698. The SMILES string of the molecule is COc1ccc(CCC(=O)NCc2cccc(S(=O)(=O)NC(C)C)c2)cc1.